The molecule has 0 fully saturated rings. The lowest BCUT2D eigenvalue weighted by atomic mass is 10.00. The Morgan fingerprint density at radius 2 is 2.00 bits per heavy atom. The highest BCUT2D eigenvalue weighted by molar-refractivity contribution is 7.91. The molecule has 2 aliphatic heterocycles. The van der Waals surface area contributed by atoms with Crippen LogP contribution in [0.5, 0.6) is 0 Å². The Balaban J connectivity index is 1.23. The molecule has 10 nitrogen and oxygen atoms in total. The summed E-state index contributed by atoms with van der Waals surface area (Å²) in [6, 6.07) is 12.6. The molecule has 6 rings (SSSR count). The zero-order valence-corrected chi connectivity index (χ0v) is 23.8. The van der Waals surface area contributed by atoms with Crippen LogP contribution in [0.4, 0.5) is 11.6 Å². The summed E-state index contributed by atoms with van der Waals surface area (Å²) in [4.78, 5) is 29.6. The number of fused-ring (bicyclic) bond motifs is 3. The lowest BCUT2D eigenvalue weighted by Crippen LogP contribution is -2.27. The number of hydrogen-bond donors (Lipinski definition) is 1. The second kappa shape index (κ2) is 11.2. The summed E-state index contributed by atoms with van der Waals surface area (Å²) in [6.45, 7) is 3.88. The van der Waals surface area contributed by atoms with Gasteiger partial charge in [0, 0.05) is 30.8 Å². The van der Waals surface area contributed by atoms with Gasteiger partial charge in [-0.3, -0.25) is 9.78 Å². The number of hydrogen-bond acceptors (Lipinski definition) is 9. The van der Waals surface area contributed by atoms with E-state index in [4.69, 9.17) is 19.4 Å². The molecular weight excluding hydrogens is 542 g/mol. The van der Waals surface area contributed by atoms with Gasteiger partial charge in [-0.15, -0.1) is 0 Å². The van der Waals surface area contributed by atoms with Gasteiger partial charge in [0.2, 0.25) is 0 Å². The van der Waals surface area contributed by atoms with Gasteiger partial charge in [-0.25, -0.2) is 18.4 Å². The van der Waals surface area contributed by atoms with Gasteiger partial charge in [-0.1, -0.05) is 6.07 Å². The summed E-state index contributed by atoms with van der Waals surface area (Å²) in [6.07, 6.45) is 3.72. The summed E-state index contributed by atoms with van der Waals surface area (Å²) < 4.78 is 35.9. The number of ether oxygens (including phenoxy) is 2. The molecule has 0 bridgehead atoms. The summed E-state index contributed by atoms with van der Waals surface area (Å²) in [5.74, 6) is 1.24. The summed E-state index contributed by atoms with van der Waals surface area (Å²) in [5, 5.41) is 3.74. The van der Waals surface area contributed by atoms with Crippen LogP contribution in [0.3, 0.4) is 0 Å². The van der Waals surface area contributed by atoms with Crippen LogP contribution in [-0.2, 0) is 45.5 Å². The Morgan fingerprint density at radius 3 is 2.85 bits per heavy atom. The number of aryl methyl sites for hydroxylation is 1. The SMILES string of the molecule is COCc1cc(C)c2c(n1)N(c1ccc3cnc(CNC(=O)c4ccc5c(c4)S(=O)(=O)CCOC5)cc3n1)CCC2. The maximum atomic E-state index is 12.9. The van der Waals surface area contributed by atoms with Crippen molar-refractivity contribution in [2.24, 2.45) is 0 Å². The van der Waals surface area contributed by atoms with Crippen LogP contribution in [0.25, 0.3) is 10.9 Å². The van der Waals surface area contributed by atoms with Crippen molar-refractivity contribution in [3.8, 4) is 0 Å². The van der Waals surface area contributed by atoms with Crippen molar-refractivity contribution in [3.05, 3.63) is 82.3 Å². The molecular formula is C30H31N5O5S. The number of carbonyl (C=O) groups excluding carboxylic acids is 1. The highest BCUT2D eigenvalue weighted by Crippen LogP contribution is 2.34. The van der Waals surface area contributed by atoms with E-state index in [1.165, 1.54) is 17.2 Å². The number of nitrogens with one attached hydrogen (secondary N) is 1. The van der Waals surface area contributed by atoms with E-state index in [9.17, 15) is 13.2 Å². The van der Waals surface area contributed by atoms with E-state index in [0.717, 1.165) is 47.6 Å². The largest absolute Gasteiger partial charge is 0.378 e. The monoisotopic (exact) mass is 573 g/mol. The van der Waals surface area contributed by atoms with Crippen LogP contribution >= 0.6 is 0 Å². The predicted molar refractivity (Wildman–Crippen MR) is 154 cm³/mol. The minimum Gasteiger partial charge on any atom is -0.378 e. The molecule has 1 aromatic carbocycles. The van der Waals surface area contributed by atoms with E-state index < -0.39 is 9.84 Å². The van der Waals surface area contributed by atoms with Gasteiger partial charge in [0.25, 0.3) is 5.91 Å². The highest BCUT2D eigenvalue weighted by Gasteiger charge is 2.25. The molecule has 5 heterocycles. The molecule has 0 saturated carbocycles. The number of carbonyl (C=O) groups is 1. The van der Waals surface area contributed by atoms with E-state index >= 15 is 0 Å². The maximum absolute atomic E-state index is 12.9. The predicted octanol–water partition coefficient (Wildman–Crippen LogP) is 3.80. The Kier molecular flexibility index (Phi) is 7.41. The van der Waals surface area contributed by atoms with Crippen LogP contribution < -0.4 is 10.2 Å². The first-order valence-electron chi connectivity index (χ1n) is 13.6. The van der Waals surface area contributed by atoms with Gasteiger partial charge in [-0.05, 0) is 72.9 Å². The number of sulfone groups is 1. The normalized spacial score (nSPS) is 16.1. The molecule has 0 saturated heterocycles. The lowest BCUT2D eigenvalue weighted by Gasteiger charge is -2.31. The first-order chi connectivity index (χ1) is 19.8. The summed E-state index contributed by atoms with van der Waals surface area (Å²) >= 11 is 0. The van der Waals surface area contributed by atoms with E-state index in [2.05, 4.69) is 28.2 Å². The molecule has 212 valence electrons. The number of nitrogens with zero attached hydrogens (tertiary/aromatic N) is 4. The quantitative estimate of drug-likeness (QED) is 0.367. The summed E-state index contributed by atoms with van der Waals surface area (Å²) in [7, 11) is -1.84. The molecule has 11 heteroatoms. The number of aromatic nitrogens is 3. The standard InChI is InChI=1S/C30H31N5O5S/c1-19-12-24(18-39-2)33-29-25(19)4-3-9-35(29)28-8-7-21-15-31-23(14-26(21)34-28)16-32-30(36)20-5-6-22-17-40-10-11-41(37,38)27(22)13-20/h5-8,12-15H,3-4,9-11,16-18H2,1-2H3,(H,32,36). The van der Waals surface area contributed by atoms with Crippen LogP contribution in [0.2, 0.25) is 0 Å². The third kappa shape index (κ3) is 5.52. The fraction of sp³-hybridized carbons (Fsp3) is 0.333. The van der Waals surface area contributed by atoms with Crippen LogP contribution in [0.1, 0.15) is 44.9 Å². The number of amides is 1. The molecule has 0 aliphatic carbocycles. The van der Waals surface area contributed by atoms with Gasteiger partial charge in [0.05, 0.1) is 53.9 Å². The van der Waals surface area contributed by atoms with Crippen molar-refractivity contribution in [1.82, 2.24) is 20.3 Å². The molecule has 2 aliphatic rings. The molecule has 0 spiro atoms. The van der Waals surface area contributed by atoms with Gasteiger partial charge < -0.3 is 19.7 Å². The van der Waals surface area contributed by atoms with E-state index in [1.54, 1.807) is 25.4 Å². The lowest BCUT2D eigenvalue weighted by molar-refractivity contribution is 0.0950. The van der Waals surface area contributed by atoms with Crippen molar-refractivity contribution < 1.29 is 22.7 Å². The summed E-state index contributed by atoms with van der Waals surface area (Å²) in [5.41, 5.74) is 5.56. The highest BCUT2D eigenvalue weighted by atomic mass is 32.2. The second-order valence-corrected chi connectivity index (χ2v) is 12.4. The van der Waals surface area contributed by atoms with Crippen molar-refractivity contribution >= 4 is 38.3 Å². The van der Waals surface area contributed by atoms with E-state index in [0.29, 0.717) is 17.9 Å². The van der Waals surface area contributed by atoms with Gasteiger partial charge in [-0.2, -0.15) is 0 Å². The second-order valence-electron chi connectivity index (χ2n) is 10.3. The minimum atomic E-state index is -3.51. The average Bonchev–Trinajstić information content (AvgIpc) is 3.12. The Hall–Kier alpha value is -3.93. The topological polar surface area (TPSA) is 124 Å². The smallest absolute Gasteiger partial charge is 0.251 e. The van der Waals surface area contributed by atoms with Crippen molar-refractivity contribution in [1.29, 1.82) is 0 Å². The van der Waals surface area contributed by atoms with Crippen LogP contribution in [-0.4, -0.2) is 55.3 Å². The molecule has 0 radical (unpaired) electrons. The first kappa shape index (κ1) is 27.3. The zero-order chi connectivity index (χ0) is 28.6. The number of methoxy groups -OCH3 is 1. The minimum absolute atomic E-state index is 0.103. The molecule has 1 amide bonds. The van der Waals surface area contributed by atoms with Gasteiger partial charge in [0.15, 0.2) is 9.84 Å². The Labute approximate surface area is 238 Å². The molecule has 1 N–H and O–H groups in total. The van der Waals surface area contributed by atoms with Crippen molar-refractivity contribution in [3.63, 3.8) is 0 Å². The van der Waals surface area contributed by atoms with Gasteiger partial charge in [0.1, 0.15) is 11.6 Å². The molecule has 41 heavy (non-hydrogen) atoms. The van der Waals surface area contributed by atoms with Crippen LogP contribution in [0, 0.1) is 6.92 Å². The number of rotatable bonds is 6. The fourth-order valence-electron chi connectivity index (χ4n) is 5.38. The Bertz CT molecular complexity index is 1760. The molecule has 0 unspecified atom stereocenters. The number of benzene rings is 1. The Morgan fingerprint density at radius 1 is 1.12 bits per heavy atom. The number of pyridine rings is 3. The van der Waals surface area contributed by atoms with Gasteiger partial charge >= 0.3 is 0 Å². The number of anilines is 2. The van der Waals surface area contributed by atoms with Crippen molar-refractivity contribution in [2.75, 3.05) is 30.9 Å². The van der Waals surface area contributed by atoms with E-state index in [-0.39, 0.29) is 41.9 Å². The third-order valence-electron chi connectivity index (χ3n) is 7.48. The van der Waals surface area contributed by atoms with Crippen molar-refractivity contribution in [2.45, 2.75) is 44.4 Å². The maximum Gasteiger partial charge on any atom is 0.251 e. The average molecular weight is 574 g/mol. The first-order valence-corrected chi connectivity index (χ1v) is 15.2. The van der Waals surface area contributed by atoms with Crippen LogP contribution in [0.15, 0.2) is 53.6 Å². The fourth-order valence-corrected chi connectivity index (χ4v) is 6.77. The van der Waals surface area contributed by atoms with E-state index in [1.807, 2.05) is 18.2 Å². The third-order valence-corrected chi connectivity index (χ3v) is 9.23. The molecule has 4 aromatic rings. The molecule has 0 atom stereocenters. The zero-order valence-electron chi connectivity index (χ0n) is 23.0. The molecule has 3 aromatic heterocycles.